The number of hydrogen-bond donors (Lipinski definition) is 0. The van der Waals surface area contributed by atoms with Crippen molar-refractivity contribution in [2.45, 2.75) is 39.2 Å². The van der Waals surface area contributed by atoms with E-state index >= 15 is 0 Å². The predicted molar refractivity (Wildman–Crippen MR) is 59.2 cm³/mol. The lowest BCUT2D eigenvalue weighted by molar-refractivity contribution is 0.186. The molecule has 0 bridgehead atoms. The van der Waals surface area contributed by atoms with Crippen LogP contribution in [0.25, 0.3) is 0 Å². The normalized spacial score (nSPS) is 12.4. The number of rotatable bonds is 5. The SMILES string of the molecule is [B]c1cc(OC(CC)CCC)ccn1. The smallest absolute Gasteiger partial charge is 0.141 e. The monoisotopic (exact) mass is 189 g/mol. The Morgan fingerprint density at radius 3 is 2.86 bits per heavy atom. The lowest BCUT2D eigenvalue weighted by Gasteiger charge is -2.16. The van der Waals surface area contributed by atoms with Gasteiger partial charge in [0.25, 0.3) is 0 Å². The number of nitrogens with zero attached hydrogens (tertiary/aromatic N) is 1. The maximum absolute atomic E-state index is 5.76. The summed E-state index contributed by atoms with van der Waals surface area (Å²) in [6.45, 7) is 4.29. The first-order valence-corrected chi connectivity index (χ1v) is 5.14. The fourth-order valence-electron chi connectivity index (χ4n) is 1.36. The molecule has 74 valence electrons. The van der Waals surface area contributed by atoms with E-state index in [1.54, 1.807) is 12.3 Å². The molecule has 14 heavy (non-hydrogen) atoms. The highest BCUT2D eigenvalue weighted by Gasteiger charge is 2.06. The first-order chi connectivity index (χ1) is 6.76. The third kappa shape index (κ3) is 3.40. The van der Waals surface area contributed by atoms with E-state index in [4.69, 9.17) is 12.6 Å². The quantitative estimate of drug-likeness (QED) is 0.659. The Morgan fingerprint density at radius 2 is 2.29 bits per heavy atom. The molecule has 1 aromatic rings. The fourth-order valence-corrected chi connectivity index (χ4v) is 1.36. The molecule has 0 amide bonds. The Balaban J connectivity index is 2.57. The van der Waals surface area contributed by atoms with Crippen molar-refractivity contribution < 1.29 is 4.74 Å². The Morgan fingerprint density at radius 1 is 1.50 bits per heavy atom. The highest BCUT2D eigenvalue weighted by atomic mass is 16.5. The van der Waals surface area contributed by atoms with Crippen molar-refractivity contribution in [3.05, 3.63) is 18.3 Å². The Labute approximate surface area is 87.1 Å². The van der Waals surface area contributed by atoms with Crippen molar-refractivity contribution in [2.24, 2.45) is 0 Å². The summed E-state index contributed by atoms with van der Waals surface area (Å²) < 4.78 is 5.76. The van der Waals surface area contributed by atoms with Gasteiger partial charge in [-0.2, -0.15) is 0 Å². The zero-order chi connectivity index (χ0) is 10.4. The molecule has 0 N–H and O–H groups in total. The minimum absolute atomic E-state index is 0.293. The van der Waals surface area contributed by atoms with Crippen molar-refractivity contribution in [3.8, 4) is 5.75 Å². The third-order valence-electron chi connectivity index (χ3n) is 2.12. The predicted octanol–water partition coefficient (Wildman–Crippen LogP) is 1.83. The molecule has 0 aliphatic heterocycles. The first kappa shape index (κ1) is 11.1. The van der Waals surface area contributed by atoms with Crippen LogP contribution in [0.5, 0.6) is 5.75 Å². The molecular weight excluding hydrogens is 173 g/mol. The largest absolute Gasteiger partial charge is 0.490 e. The summed E-state index contributed by atoms with van der Waals surface area (Å²) in [6.07, 6.45) is 5.21. The second kappa shape index (κ2) is 5.68. The second-order valence-corrected chi connectivity index (χ2v) is 3.35. The molecule has 2 nitrogen and oxygen atoms in total. The number of hydrogen-bond acceptors (Lipinski definition) is 2. The minimum Gasteiger partial charge on any atom is -0.490 e. The van der Waals surface area contributed by atoms with Crippen LogP contribution in [0.1, 0.15) is 33.1 Å². The molecule has 0 aromatic carbocycles. The number of pyridine rings is 1. The summed E-state index contributed by atoms with van der Waals surface area (Å²) in [6, 6.07) is 3.60. The molecule has 1 aromatic heterocycles. The van der Waals surface area contributed by atoms with Crippen LogP contribution in [-0.4, -0.2) is 18.9 Å². The molecule has 1 heterocycles. The molecule has 0 aliphatic carbocycles. The van der Waals surface area contributed by atoms with Gasteiger partial charge < -0.3 is 4.74 Å². The van der Waals surface area contributed by atoms with Gasteiger partial charge in [0.1, 0.15) is 13.6 Å². The Bertz CT molecular complexity index is 278. The van der Waals surface area contributed by atoms with Gasteiger partial charge in [-0.25, -0.2) is 0 Å². The molecular formula is C11H16BNO. The molecule has 2 radical (unpaired) electrons. The first-order valence-electron chi connectivity index (χ1n) is 5.14. The fraction of sp³-hybridized carbons (Fsp3) is 0.545. The van der Waals surface area contributed by atoms with Crippen LogP contribution in [0.15, 0.2) is 18.3 Å². The van der Waals surface area contributed by atoms with Gasteiger partial charge >= 0.3 is 0 Å². The molecule has 0 aliphatic rings. The van der Waals surface area contributed by atoms with Crippen LogP contribution in [0.4, 0.5) is 0 Å². The van der Waals surface area contributed by atoms with Crippen molar-refractivity contribution in [1.29, 1.82) is 0 Å². The van der Waals surface area contributed by atoms with Gasteiger partial charge in [0.2, 0.25) is 0 Å². The average molecular weight is 189 g/mol. The van der Waals surface area contributed by atoms with Gasteiger partial charge in [-0.05, 0) is 30.6 Å². The highest BCUT2D eigenvalue weighted by Crippen LogP contribution is 2.13. The van der Waals surface area contributed by atoms with Gasteiger partial charge in [0.15, 0.2) is 0 Å². The summed E-state index contributed by atoms with van der Waals surface area (Å²) in [5, 5.41) is 0. The molecule has 0 fully saturated rings. The molecule has 1 unspecified atom stereocenters. The summed E-state index contributed by atoms with van der Waals surface area (Å²) in [5.41, 5.74) is 0.508. The van der Waals surface area contributed by atoms with Crippen molar-refractivity contribution >= 4 is 13.4 Å². The summed E-state index contributed by atoms with van der Waals surface area (Å²) >= 11 is 0. The van der Waals surface area contributed by atoms with E-state index in [1.165, 1.54) is 0 Å². The van der Waals surface area contributed by atoms with Crippen LogP contribution in [-0.2, 0) is 0 Å². The zero-order valence-corrected chi connectivity index (χ0v) is 8.86. The Kier molecular flexibility index (Phi) is 4.50. The van der Waals surface area contributed by atoms with E-state index in [-0.39, 0.29) is 0 Å². The van der Waals surface area contributed by atoms with Gasteiger partial charge in [-0.3, -0.25) is 4.98 Å². The van der Waals surface area contributed by atoms with Gasteiger partial charge in [-0.15, -0.1) is 0 Å². The summed E-state index contributed by atoms with van der Waals surface area (Å²) in [4.78, 5) is 3.92. The summed E-state index contributed by atoms with van der Waals surface area (Å²) in [7, 11) is 5.56. The summed E-state index contributed by atoms with van der Waals surface area (Å²) in [5.74, 6) is 0.817. The van der Waals surface area contributed by atoms with E-state index in [9.17, 15) is 0 Å². The van der Waals surface area contributed by atoms with Crippen LogP contribution in [0, 0.1) is 0 Å². The van der Waals surface area contributed by atoms with Gasteiger partial charge in [0.05, 0.1) is 6.10 Å². The van der Waals surface area contributed by atoms with Crippen LogP contribution in [0.2, 0.25) is 0 Å². The van der Waals surface area contributed by atoms with E-state index < -0.39 is 0 Å². The third-order valence-corrected chi connectivity index (χ3v) is 2.12. The lowest BCUT2D eigenvalue weighted by atomic mass is 10.0. The molecule has 0 spiro atoms. The number of aromatic nitrogens is 1. The second-order valence-electron chi connectivity index (χ2n) is 3.35. The maximum atomic E-state index is 5.76. The Hall–Kier alpha value is -0.985. The van der Waals surface area contributed by atoms with E-state index in [0.717, 1.165) is 25.0 Å². The van der Waals surface area contributed by atoms with Gasteiger partial charge in [-0.1, -0.05) is 20.3 Å². The zero-order valence-electron chi connectivity index (χ0n) is 8.86. The molecule has 1 atom stereocenters. The van der Waals surface area contributed by atoms with Gasteiger partial charge in [0, 0.05) is 6.20 Å². The average Bonchev–Trinajstić information content (AvgIpc) is 2.17. The lowest BCUT2D eigenvalue weighted by Crippen LogP contribution is -2.16. The number of ether oxygens (including phenoxy) is 1. The van der Waals surface area contributed by atoms with Crippen molar-refractivity contribution in [2.75, 3.05) is 0 Å². The minimum atomic E-state index is 0.293. The topological polar surface area (TPSA) is 22.1 Å². The standard InChI is InChI=1S/C11H16BNO/c1-3-5-9(4-2)14-10-6-7-13-11(12)8-10/h6-9H,3-5H2,1-2H3. The van der Waals surface area contributed by atoms with Crippen molar-refractivity contribution in [1.82, 2.24) is 4.98 Å². The van der Waals surface area contributed by atoms with Crippen molar-refractivity contribution in [3.63, 3.8) is 0 Å². The molecule has 3 heteroatoms. The van der Waals surface area contributed by atoms with Crippen LogP contribution < -0.4 is 10.3 Å². The molecule has 1 rings (SSSR count). The molecule has 0 saturated heterocycles. The van der Waals surface area contributed by atoms with E-state index in [2.05, 4.69) is 18.8 Å². The molecule has 0 saturated carbocycles. The van der Waals surface area contributed by atoms with E-state index in [0.29, 0.717) is 11.7 Å². The van der Waals surface area contributed by atoms with Crippen LogP contribution in [0.3, 0.4) is 0 Å². The maximum Gasteiger partial charge on any atom is 0.141 e. The van der Waals surface area contributed by atoms with Crippen LogP contribution >= 0.6 is 0 Å². The highest BCUT2D eigenvalue weighted by molar-refractivity contribution is 6.30. The van der Waals surface area contributed by atoms with E-state index in [1.807, 2.05) is 6.07 Å².